The van der Waals surface area contributed by atoms with E-state index in [1.807, 2.05) is 20.8 Å². The molecule has 1 aromatic heterocycles. The van der Waals surface area contributed by atoms with Crippen LogP contribution in [0.15, 0.2) is 16.5 Å². The molecule has 0 radical (unpaired) electrons. The van der Waals surface area contributed by atoms with Crippen molar-refractivity contribution in [3.8, 4) is 0 Å². The van der Waals surface area contributed by atoms with Crippen molar-refractivity contribution >= 4 is 22.7 Å². The fourth-order valence-corrected chi connectivity index (χ4v) is 1.98. The van der Waals surface area contributed by atoms with Gasteiger partial charge in [-0.15, -0.1) is 0 Å². The quantitative estimate of drug-likeness (QED) is 0.914. The Morgan fingerprint density at radius 3 is 2.82 bits per heavy atom. The molecule has 0 atom stereocenters. The predicted octanol–water partition coefficient (Wildman–Crippen LogP) is 3.46. The SMILES string of the molecule is CCNC(C)(C)c1nc2cc(F)cc(Cl)c2o1. The van der Waals surface area contributed by atoms with Gasteiger partial charge in [-0.2, -0.15) is 0 Å². The van der Waals surface area contributed by atoms with E-state index in [1.165, 1.54) is 12.1 Å². The maximum atomic E-state index is 13.2. The van der Waals surface area contributed by atoms with E-state index in [1.54, 1.807) is 0 Å². The highest BCUT2D eigenvalue weighted by Gasteiger charge is 2.26. The van der Waals surface area contributed by atoms with Gasteiger partial charge in [0.2, 0.25) is 5.89 Å². The molecule has 0 aliphatic rings. The average Bonchev–Trinajstić information content (AvgIpc) is 2.62. The summed E-state index contributed by atoms with van der Waals surface area (Å²) in [6.07, 6.45) is 0. The van der Waals surface area contributed by atoms with Crippen LogP contribution in [-0.4, -0.2) is 11.5 Å². The zero-order valence-corrected chi connectivity index (χ0v) is 10.7. The molecule has 1 N–H and O–H groups in total. The van der Waals surface area contributed by atoms with Crippen molar-refractivity contribution in [3.05, 3.63) is 28.9 Å². The van der Waals surface area contributed by atoms with E-state index in [0.717, 1.165) is 6.54 Å². The van der Waals surface area contributed by atoms with Gasteiger partial charge < -0.3 is 9.73 Å². The van der Waals surface area contributed by atoms with Crippen LogP contribution in [0.3, 0.4) is 0 Å². The summed E-state index contributed by atoms with van der Waals surface area (Å²) >= 11 is 5.91. The Morgan fingerprint density at radius 2 is 2.18 bits per heavy atom. The second-order valence-corrected chi connectivity index (χ2v) is 4.82. The Bertz CT molecular complexity index is 551. The Labute approximate surface area is 104 Å². The second-order valence-electron chi connectivity index (χ2n) is 4.41. The highest BCUT2D eigenvalue weighted by atomic mass is 35.5. The molecule has 1 aromatic carbocycles. The Balaban J connectivity index is 2.55. The van der Waals surface area contributed by atoms with Crippen LogP contribution in [0, 0.1) is 5.82 Å². The van der Waals surface area contributed by atoms with E-state index in [0.29, 0.717) is 17.0 Å². The van der Waals surface area contributed by atoms with Gasteiger partial charge in [0, 0.05) is 6.07 Å². The molecule has 0 bridgehead atoms. The van der Waals surface area contributed by atoms with Crippen molar-refractivity contribution in [1.82, 2.24) is 10.3 Å². The van der Waals surface area contributed by atoms with Crippen LogP contribution < -0.4 is 5.32 Å². The largest absolute Gasteiger partial charge is 0.437 e. The van der Waals surface area contributed by atoms with E-state index in [4.69, 9.17) is 16.0 Å². The standard InChI is InChI=1S/C12H14ClFN2O/c1-4-15-12(2,3)11-16-9-6-7(14)5-8(13)10(9)17-11/h5-6,15H,4H2,1-3H3. The number of oxazole rings is 1. The zero-order valence-electron chi connectivity index (χ0n) is 9.97. The van der Waals surface area contributed by atoms with Crippen molar-refractivity contribution in [2.45, 2.75) is 26.3 Å². The maximum Gasteiger partial charge on any atom is 0.215 e. The third kappa shape index (κ3) is 2.28. The van der Waals surface area contributed by atoms with Gasteiger partial charge in [-0.05, 0) is 26.5 Å². The highest BCUT2D eigenvalue weighted by molar-refractivity contribution is 6.34. The lowest BCUT2D eigenvalue weighted by molar-refractivity contribution is 0.323. The van der Waals surface area contributed by atoms with Gasteiger partial charge in [-0.3, -0.25) is 0 Å². The molecule has 92 valence electrons. The van der Waals surface area contributed by atoms with E-state index in [2.05, 4.69) is 10.3 Å². The molecular formula is C12H14ClFN2O. The molecule has 3 nitrogen and oxygen atoms in total. The number of hydrogen-bond acceptors (Lipinski definition) is 3. The third-order valence-electron chi connectivity index (χ3n) is 2.56. The summed E-state index contributed by atoms with van der Waals surface area (Å²) in [7, 11) is 0. The van der Waals surface area contributed by atoms with Gasteiger partial charge in [0.05, 0.1) is 10.6 Å². The van der Waals surface area contributed by atoms with Crippen LogP contribution in [0.1, 0.15) is 26.7 Å². The van der Waals surface area contributed by atoms with Crippen molar-refractivity contribution < 1.29 is 8.81 Å². The van der Waals surface area contributed by atoms with Crippen molar-refractivity contribution in [2.75, 3.05) is 6.54 Å². The number of nitrogens with zero attached hydrogens (tertiary/aromatic N) is 1. The van der Waals surface area contributed by atoms with E-state index in [-0.39, 0.29) is 5.02 Å². The second kappa shape index (κ2) is 4.27. The summed E-state index contributed by atoms with van der Waals surface area (Å²) < 4.78 is 18.8. The summed E-state index contributed by atoms with van der Waals surface area (Å²) in [6, 6.07) is 2.54. The topological polar surface area (TPSA) is 38.1 Å². The first-order valence-electron chi connectivity index (χ1n) is 5.45. The van der Waals surface area contributed by atoms with Crippen LogP contribution in [0.2, 0.25) is 5.02 Å². The van der Waals surface area contributed by atoms with Crippen molar-refractivity contribution in [2.24, 2.45) is 0 Å². The lowest BCUT2D eigenvalue weighted by Crippen LogP contribution is -2.36. The number of benzene rings is 1. The smallest absolute Gasteiger partial charge is 0.215 e. The number of nitrogens with one attached hydrogen (secondary N) is 1. The fourth-order valence-electron chi connectivity index (χ4n) is 1.74. The number of hydrogen-bond donors (Lipinski definition) is 1. The fraction of sp³-hybridized carbons (Fsp3) is 0.417. The number of fused-ring (bicyclic) bond motifs is 1. The van der Waals surface area contributed by atoms with Crippen LogP contribution in [-0.2, 0) is 5.54 Å². The normalized spacial score (nSPS) is 12.3. The molecule has 0 saturated carbocycles. The summed E-state index contributed by atoms with van der Waals surface area (Å²) in [4.78, 5) is 4.27. The van der Waals surface area contributed by atoms with Crippen LogP contribution >= 0.6 is 11.6 Å². The summed E-state index contributed by atoms with van der Waals surface area (Å²) in [5, 5.41) is 3.48. The molecule has 1 heterocycles. The third-order valence-corrected chi connectivity index (χ3v) is 2.84. The zero-order chi connectivity index (χ0) is 12.6. The van der Waals surface area contributed by atoms with Crippen LogP contribution in [0.5, 0.6) is 0 Å². The molecule has 0 aliphatic heterocycles. The minimum atomic E-state index is -0.413. The first kappa shape index (κ1) is 12.3. The first-order valence-corrected chi connectivity index (χ1v) is 5.83. The Hall–Kier alpha value is -1.13. The molecule has 5 heteroatoms. The number of rotatable bonds is 3. The summed E-state index contributed by atoms with van der Waals surface area (Å²) in [5.74, 6) is 0.0884. The molecule has 0 amide bonds. The summed E-state index contributed by atoms with van der Waals surface area (Å²) in [5.41, 5.74) is 0.457. The lowest BCUT2D eigenvalue weighted by Gasteiger charge is -2.21. The Kier molecular flexibility index (Phi) is 3.10. The average molecular weight is 257 g/mol. The van der Waals surface area contributed by atoms with Crippen molar-refractivity contribution in [1.29, 1.82) is 0 Å². The molecule has 0 saturated heterocycles. The van der Waals surface area contributed by atoms with Gasteiger partial charge in [-0.1, -0.05) is 18.5 Å². The molecule has 2 aromatic rings. The molecule has 2 rings (SSSR count). The first-order chi connectivity index (χ1) is 7.94. The molecule has 0 spiro atoms. The molecular weight excluding hydrogens is 243 g/mol. The predicted molar refractivity (Wildman–Crippen MR) is 65.7 cm³/mol. The number of aromatic nitrogens is 1. The van der Waals surface area contributed by atoms with Crippen LogP contribution in [0.4, 0.5) is 4.39 Å². The van der Waals surface area contributed by atoms with Crippen molar-refractivity contribution in [3.63, 3.8) is 0 Å². The highest BCUT2D eigenvalue weighted by Crippen LogP contribution is 2.29. The van der Waals surface area contributed by atoms with Gasteiger partial charge >= 0.3 is 0 Å². The monoisotopic (exact) mass is 256 g/mol. The minimum Gasteiger partial charge on any atom is -0.437 e. The van der Waals surface area contributed by atoms with Gasteiger partial charge in [0.1, 0.15) is 11.3 Å². The minimum absolute atomic E-state index is 0.242. The maximum absolute atomic E-state index is 13.2. The summed E-state index contributed by atoms with van der Waals surface area (Å²) in [6.45, 7) is 6.68. The van der Waals surface area contributed by atoms with E-state index in [9.17, 15) is 4.39 Å². The van der Waals surface area contributed by atoms with Gasteiger partial charge in [-0.25, -0.2) is 9.37 Å². The van der Waals surface area contributed by atoms with Crippen LogP contribution in [0.25, 0.3) is 11.1 Å². The van der Waals surface area contributed by atoms with E-state index < -0.39 is 11.4 Å². The number of halogens is 2. The lowest BCUT2D eigenvalue weighted by atomic mass is 10.1. The van der Waals surface area contributed by atoms with Gasteiger partial charge in [0.15, 0.2) is 5.58 Å². The molecule has 0 aliphatic carbocycles. The Morgan fingerprint density at radius 1 is 1.47 bits per heavy atom. The molecule has 0 fully saturated rings. The van der Waals surface area contributed by atoms with Gasteiger partial charge in [0.25, 0.3) is 0 Å². The van der Waals surface area contributed by atoms with E-state index >= 15 is 0 Å². The molecule has 17 heavy (non-hydrogen) atoms. The molecule has 0 unspecified atom stereocenters.